The van der Waals surface area contributed by atoms with Crippen LogP contribution in [0.4, 0.5) is 13.2 Å². The summed E-state index contributed by atoms with van der Waals surface area (Å²) < 4.78 is 39.8. The summed E-state index contributed by atoms with van der Waals surface area (Å²) in [6, 6.07) is 6.12. The zero-order chi connectivity index (χ0) is 19.6. The molecule has 0 spiro atoms. The maximum atomic E-state index is 13.2. The molecule has 1 amide bonds. The number of nitrogens with one attached hydrogen (secondary N) is 1. The molecular weight excluding hydrogens is 357 g/mol. The Kier molecular flexibility index (Phi) is 5.68. The van der Waals surface area contributed by atoms with E-state index in [-0.39, 0.29) is 18.0 Å². The maximum absolute atomic E-state index is 13.2. The molecule has 0 radical (unpaired) electrons. The number of alkyl halides is 2. The summed E-state index contributed by atoms with van der Waals surface area (Å²) in [5, 5.41) is 2.19. The van der Waals surface area contributed by atoms with E-state index in [1.165, 1.54) is 12.1 Å². The van der Waals surface area contributed by atoms with E-state index in [2.05, 4.69) is 5.32 Å². The van der Waals surface area contributed by atoms with E-state index in [9.17, 15) is 22.8 Å². The summed E-state index contributed by atoms with van der Waals surface area (Å²) in [5.74, 6) is -0.871. The number of rotatable bonds is 6. The Hall–Kier alpha value is -2.57. The van der Waals surface area contributed by atoms with E-state index in [0.29, 0.717) is 30.5 Å². The number of carbonyl (C=O) groups excluding carboxylic acids is 2. The Morgan fingerprint density at radius 3 is 2.59 bits per heavy atom. The van der Waals surface area contributed by atoms with E-state index < -0.39 is 18.9 Å². The standard InChI is InChI=1S/C20H21F3N2O2/c1-12-15(9-19(27)24-10-18(22)23)20-16(3-2-4-17(20)26)25(12)11-13-5-7-14(21)8-6-13/h5-8,18H,2-4,9-11H2,1H3,(H,24,27). The summed E-state index contributed by atoms with van der Waals surface area (Å²) >= 11 is 0. The highest BCUT2D eigenvalue weighted by Crippen LogP contribution is 2.31. The van der Waals surface area contributed by atoms with E-state index in [4.69, 9.17) is 0 Å². The Labute approximate surface area is 155 Å². The van der Waals surface area contributed by atoms with Gasteiger partial charge in [-0.1, -0.05) is 12.1 Å². The van der Waals surface area contributed by atoms with Crippen LogP contribution in [0, 0.1) is 12.7 Å². The Morgan fingerprint density at radius 1 is 1.22 bits per heavy atom. The van der Waals surface area contributed by atoms with Gasteiger partial charge < -0.3 is 9.88 Å². The highest BCUT2D eigenvalue weighted by atomic mass is 19.3. The zero-order valence-corrected chi connectivity index (χ0v) is 15.0. The van der Waals surface area contributed by atoms with Crippen molar-refractivity contribution >= 4 is 11.7 Å². The lowest BCUT2D eigenvalue weighted by atomic mass is 9.92. The van der Waals surface area contributed by atoms with Crippen molar-refractivity contribution in [1.29, 1.82) is 0 Å². The minimum Gasteiger partial charge on any atom is -0.350 e. The molecule has 0 bridgehead atoms. The first-order valence-corrected chi connectivity index (χ1v) is 8.90. The number of amides is 1. The largest absolute Gasteiger partial charge is 0.350 e. The van der Waals surface area contributed by atoms with Crippen LogP contribution in [0.15, 0.2) is 24.3 Å². The van der Waals surface area contributed by atoms with Crippen LogP contribution in [0.3, 0.4) is 0 Å². The molecule has 144 valence electrons. The van der Waals surface area contributed by atoms with Crippen molar-refractivity contribution < 1.29 is 22.8 Å². The second-order valence-corrected chi connectivity index (χ2v) is 6.75. The topological polar surface area (TPSA) is 51.1 Å². The van der Waals surface area contributed by atoms with Gasteiger partial charge in [-0.25, -0.2) is 13.2 Å². The lowest BCUT2D eigenvalue weighted by molar-refractivity contribution is -0.121. The fourth-order valence-corrected chi connectivity index (χ4v) is 3.60. The van der Waals surface area contributed by atoms with E-state index >= 15 is 0 Å². The number of nitrogens with zero attached hydrogens (tertiary/aromatic N) is 1. The Morgan fingerprint density at radius 2 is 1.93 bits per heavy atom. The first-order valence-electron chi connectivity index (χ1n) is 8.90. The molecule has 2 aromatic rings. The fraction of sp³-hybridized carbons (Fsp3) is 0.400. The quantitative estimate of drug-likeness (QED) is 0.837. The molecule has 0 atom stereocenters. The van der Waals surface area contributed by atoms with E-state index in [1.807, 2.05) is 11.5 Å². The predicted octanol–water partition coefficient (Wildman–Crippen LogP) is 3.43. The highest BCUT2D eigenvalue weighted by Gasteiger charge is 2.29. The van der Waals surface area contributed by atoms with Crippen LogP contribution >= 0.6 is 0 Å². The number of Topliss-reactive ketones (excluding diaryl/α,β-unsaturated/α-hetero) is 1. The molecule has 0 saturated carbocycles. The van der Waals surface area contributed by atoms with Crippen molar-refractivity contribution in [2.75, 3.05) is 6.54 Å². The molecule has 0 saturated heterocycles. The number of hydrogen-bond acceptors (Lipinski definition) is 2. The van der Waals surface area contributed by atoms with Gasteiger partial charge in [-0.15, -0.1) is 0 Å². The van der Waals surface area contributed by atoms with Crippen LogP contribution in [0.5, 0.6) is 0 Å². The monoisotopic (exact) mass is 378 g/mol. The lowest BCUT2D eigenvalue weighted by Gasteiger charge is -2.16. The van der Waals surface area contributed by atoms with Crippen LogP contribution in [0.2, 0.25) is 0 Å². The van der Waals surface area contributed by atoms with E-state index in [1.54, 1.807) is 12.1 Å². The molecule has 3 rings (SSSR count). The molecule has 1 N–H and O–H groups in total. The molecule has 7 heteroatoms. The molecule has 1 aliphatic rings. The van der Waals surface area contributed by atoms with Gasteiger partial charge in [0, 0.05) is 29.9 Å². The highest BCUT2D eigenvalue weighted by molar-refractivity contribution is 6.01. The SMILES string of the molecule is Cc1c(CC(=O)NCC(F)F)c2c(n1Cc1ccc(F)cc1)CCCC2=O. The van der Waals surface area contributed by atoms with Crippen molar-refractivity contribution in [3.8, 4) is 0 Å². The van der Waals surface area contributed by atoms with Gasteiger partial charge in [-0.3, -0.25) is 9.59 Å². The minimum absolute atomic E-state index is 0.0196. The number of ketones is 1. The molecule has 1 aromatic heterocycles. The number of aromatic nitrogens is 1. The summed E-state index contributed by atoms with van der Waals surface area (Å²) in [6.07, 6.45) is -0.868. The maximum Gasteiger partial charge on any atom is 0.255 e. The van der Waals surface area contributed by atoms with Crippen molar-refractivity contribution in [3.05, 3.63) is 58.2 Å². The van der Waals surface area contributed by atoms with Crippen LogP contribution in [0.25, 0.3) is 0 Å². The minimum atomic E-state index is -2.62. The van der Waals surface area contributed by atoms with Crippen molar-refractivity contribution in [2.45, 2.75) is 45.6 Å². The third-order valence-electron chi connectivity index (χ3n) is 4.90. The Balaban J connectivity index is 1.93. The summed E-state index contributed by atoms with van der Waals surface area (Å²) in [4.78, 5) is 24.6. The molecule has 4 nitrogen and oxygen atoms in total. The molecule has 0 unspecified atom stereocenters. The van der Waals surface area contributed by atoms with Crippen LogP contribution in [-0.4, -0.2) is 29.2 Å². The fourth-order valence-electron chi connectivity index (χ4n) is 3.60. The van der Waals surface area contributed by atoms with Crippen molar-refractivity contribution in [3.63, 3.8) is 0 Å². The third-order valence-corrected chi connectivity index (χ3v) is 4.90. The van der Waals surface area contributed by atoms with Gasteiger partial charge in [0.05, 0.1) is 13.0 Å². The summed E-state index contributed by atoms with van der Waals surface area (Å²) in [7, 11) is 0. The molecule has 0 fully saturated rings. The van der Waals surface area contributed by atoms with Crippen molar-refractivity contribution in [1.82, 2.24) is 9.88 Å². The first-order chi connectivity index (χ1) is 12.9. The number of halogens is 3. The zero-order valence-electron chi connectivity index (χ0n) is 15.0. The third kappa shape index (κ3) is 4.23. The van der Waals surface area contributed by atoms with Gasteiger partial charge in [0.1, 0.15) is 5.82 Å². The molecule has 1 heterocycles. The molecule has 0 aliphatic heterocycles. The first kappa shape index (κ1) is 19.2. The number of fused-ring (bicyclic) bond motifs is 1. The molecule has 1 aromatic carbocycles. The predicted molar refractivity (Wildman–Crippen MR) is 94.7 cm³/mol. The van der Waals surface area contributed by atoms with Gasteiger partial charge in [-0.2, -0.15) is 0 Å². The van der Waals surface area contributed by atoms with Crippen LogP contribution in [0.1, 0.15) is 45.7 Å². The number of hydrogen-bond donors (Lipinski definition) is 1. The van der Waals surface area contributed by atoms with Crippen LogP contribution < -0.4 is 5.32 Å². The average molecular weight is 378 g/mol. The van der Waals surface area contributed by atoms with Gasteiger partial charge in [0.25, 0.3) is 6.43 Å². The normalized spacial score (nSPS) is 13.7. The van der Waals surface area contributed by atoms with Gasteiger partial charge in [0.15, 0.2) is 5.78 Å². The van der Waals surface area contributed by atoms with Crippen LogP contribution in [-0.2, 0) is 24.2 Å². The van der Waals surface area contributed by atoms with Crippen molar-refractivity contribution in [2.24, 2.45) is 0 Å². The lowest BCUT2D eigenvalue weighted by Crippen LogP contribution is -2.30. The average Bonchev–Trinajstić information content (AvgIpc) is 2.88. The molecular formula is C20H21F3N2O2. The van der Waals surface area contributed by atoms with E-state index in [0.717, 1.165) is 23.4 Å². The number of benzene rings is 1. The second-order valence-electron chi connectivity index (χ2n) is 6.75. The van der Waals surface area contributed by atoms with Gasteiger partial charge in [-0.05, 0) is 43.0 Å². The summed E-state index contributed by atoms with van der Waals surface area (Å²) in [5.41, 5.74) is 3.66. The number of carbonyl (C=O) groups is 2. The smallest absolute Gasteiger partial charge is 0.255 e. The Bertz CT molecular complexity index is 857. The molecule has 27 heavy (non-hydrogen) atoms. The molecule has 1 aliphatic carbocycles. The second kappa shape index (κ2) is 7.98. The van der Waals surface area contributed by atoms with Gasteiger partial charge >= 0.3 is 0 Å². The van der Waals surface area contributed by atoms with Gasteiger partial charge in [0.2, 0.25) is 5.91 Å². The summed E-state index contributed by atoms with van der Waals surface area (Å²) in [6.45, 7) is 1.58.